The molecule has 4 atom stereocenters. The molecule has 0 radical (unpaired) electrons. The van der Waals surface area contributed by atoms with Gasteiger partial charge < -0.3 is 15.0 Å². The van der Waals surface area contributed by atoms with Crippen LogP contribution in [0.4, 0.5) is 0 Å². The third kappa shape index (κ3) is 2.27. The van der Waals surface area contributed by atoms with Gasteiger partial charge in [-0.15, -0.1) is 0 Å². The number of hydrogen-bond donors (Lipinski definition) is 1. The Morgan fingerprint density at radius 1 is 1.31 bits per heavy atom. The minimum Gasteiger partial charge on any atom is -0.374 e. The Morgan fingerprint density at radius 2 is 2.25 bits per heavy atom. The van der Waals surface area contributed by atoms with Crippen molar-refractivity contribution in [1.29, 1.82) is 0 Å². The van der Waals surface area contributed by atoms with Gasteiger partial charge in [0.1, 0.15) is 0 Å². The first-order valence-electron chi connectivity index (χ1n) is 6.85. The van der Waals surface area contributed by atoms with E-state index in [0.29, 0.717) is 6.10 Å². The van der Waals surface area contributed by atoms with E-state index in [4.69, 9.17) is 4.74 Å². The van der Waals surface area contributed by atoms with Gasteiger partial charge in [-0.25, -0.2) is 0 Å². The van der Waals surface area contributed by atoms with Gasteiger partial charge in [0.25, 0.3) is 0 Å². The Balaban J connectivity index is 1.42. The lowest BCUT2D eigenvalue weighted by molar-refractivity contribution is -0.0200. The molecule has 0 amide bonds. The Morgan fingerprint density at radius 3 is 2.94 bits per heavy atom. The van der Waals surface area contributed by atoms with Crippen LogP contribution in [-0.4, -0.2) is 50.3 Å². The van der Waals surface area contributed by atoms with E-state index in [9.17, 15) is 0 Å². The van der Waals surface area contributed by atoms with Gasteiger partial charge in [-0.1, -0.05) is 6.42 Å². The van der Waals surface area contributed by atoms with Crippen LogP contribution >= 0.6 is 0 Å². The topological polar surface area (TPSA) is 24.5 Å². The summed E-state index contributed by atoms with van der Waals surface area (Å²) in [6, 6.07) is 0.801. The fraction of sp³-hybridized carbons (Fsp3) is 1.00. The molecule has 0 aromatic rings. The van der Waals surface area contributed by atoms with Gasteiger partial charge in [-0.2, -0.15) is 0 Å². The molecule has 3 nitrogen and oxygen atoms in total. The van der Waals surface area contributed by atoms with Crippen molar-refractivity contribution in [2.75, 3.05) is 33.3 Å². The van der Waals surface area contributed by atoms with Crippen LogP contribution in [0.25, 0.3) is 0 Å². The van der Waals surface area contributed by atoms with Crippen molar-refractivity contribution in [3.8, 4) is 0 Å². The van der Waals surface area contributed by atoms with Crippen molar-refractivity contribution < 1.29 is 4.74 Å². The molecule has 16 heavy (non-hydrogen) atoms. The molecule has 1 saturated heterocycles. The normalized spacial score (nSPS) is 44.1. The van der Waals surface area contributed by atoms with Crippen LogP contribution in [0.5, 0.6) is 0 Å². The third-order valence-electron chi connectivity index (χ3n) is 4.69. The van der Waals surface area contributed by atoms with Crippen LogP contribution in [0.3, 0.4) is 0 Å². The van der Waals surface area contributed by atoms with Crippen molar-refractivity contribution >= 4 is 0 Å². The fourth-order valence-electron chi connectivity index (χ4n) is 3.77. The highest BCUT2D eigenvalue weighted by Gasteiger charge is 2.39. The zero-order valence-corrected chi connectivity index (χ0v) is 10.3. The number of likely N-dealkylation sites (N-methyl/N-ethyl adjacent to an activating group) is 1. The number of nitrogens with one attached hydrogen (secondary N) is 1. The van der Waals surface area contributed by atoms with Gasteiger partial charge >= 0.3 is 0 Å². The third-order valence-corrected chi connectivity index (χ3v) is 4.69. The van der Waals surface area contributed by atoms with Gasteiger partial charge in [0.2, 0.25) is 0 Å². The fourth-order valence-corrected chi connectivity index (χ4v) is 3.77. The molecule has 2 bridgehead atoms. The molecule has 2 saturated carbocycles. The summed E-state index contributed by atoms with van der Waals surface area (Å²) < 4.78 is 5.78. The lowest BCUT2D eigenvalue weighted by atomic mass is 9.95. The summed E-state index contributed by atoms with van der Waals surface area (Å²) in [6.45, 7) is 4.14. The predicted molar refractivity (Wildman–Crippen MR) is 64.5 cm³/mol. The van der Waals surface area contributed by atoms with Gasteiger partial charge in [-0.05, 0) is 38.1 Å². The van der Waals surface area contributed by atoms with Crippen molar-refractivity contribution in [3.63, 3.8) is 0 Å². The Bertz CT molecular complexity index is 246. The van der Waals surface area contributed by atoms with Crippen LogP contribution in [0.2, 0.25) is 0 Å². The van der Waals surface area contributed by atoms with Crippen LogP contribution in [0, 0.1) is 11.8 Å². The maximum Gasteiger partial charge on any atom is 0.0826 e. The highest BCUT2D eigenvalue weighted by molar-refractivity contribution is 4.94. The molecule has 0 aromatic carbocycles. The van der Waals surface area contributed by atoms with E-state index in [1.54, 1.807) is 0 Å². The summed E-state index contributed by atoms with van der Waals surface area (Å²) in [5.74, 6) is 2.02. The van der Waals surface area contributed by atoms with Crippen molar-refractivity contribution in [2.24, 2.45) is 11.8 Å². The van der Waals surface area contributed by atoms with E-state index < -0.39 is 0 Å². The molecule has 3 aliphatic rings. The quantitative estimate of drug-likeness (QED) is 0.777. The Kier molecular flexibility index (Phi) is 3.18. The zero-order chi connectivity index (χ0) is 11.0. The molecule has 1 heterocycles. The van der Waals surface area contributed by atoms with E-state index in [1.165, 1.54) is 25.7 Å². The first kappa shape index (κ1) is 11.0. The summed E-state index contributed by atoms with van der Waals surface area (Å²) in [7, 11) is 2.19. The van der Waals surface area contributed by atoms with E-state index in [-0.39, 0.29) is 0 Å². The second-order valence-corrected chi connectivity index (χ2v) is 5.94. The van der Waals surface area contributed by atoms with Crippen LogP contribution < -0.4 is 5.32 Å². The van der Waals surface area contributed by atoms with Gasteiger partial charge in [0.05, 0.1) is 12.7 Å². The number of ether oxygens (including phenoxy) is 1. The Hall–Kier alpha value is -0.120. The molecule has 0 aromatic heterocycles. The monoisotopic (exact) mass is 224 g/mol. The van der Waals surface area contributed by atoms with Crippen molar-refractivity contribution in [2.45, 2.75) is 37.8 Å². The van der Waals surface area contributed by atoms with E-state index in [0.717, 1.165) is 44.1 Å². The summed E-state index contributed by atoms with van der Waals surface area (Å²) in [6.07, 6.45) is 6.29. The second-order valence-electron chi connectivity index (χ2n) is 5.94. The van der Waals surface area contributed by atoms with Gasteiger partial charge in [0, 0.05) is 25.7 Å². The summed E-state index contributed by atoms with van der Waals surface area (Å²) in [4.78, 5) is 2.37. The molecule has 3 heteroatoms. The maximum atomic E-state index is 5.78. The molecule has 4 unspecified atom stereocenters. The summed E-state index contributed by atoms with van der Waals surface area (Å²) in [5, 5.41) is 3.75. The first-order chi connectivity index (χ1) is 7.81. The molecule has 3 fully saturated rings. The molecule has 2 aliphatic carbocycles. The minimum absolute atomic E-state index is 0.415. The van der Waals surface area contributed by atoms with E-state index in [1.807, 2.05) is 0 Å². The van der Waals surface area contributed by atoms with Crippen LogP contribution in [-0.2, 0) is 4.74 Å². The molecule has 1 N–H and O–H groups in total. The molecule has 92 valence electrons. The maximum absolute atomic E-state index is 5.78. The highest BCUT2D eigenvalue weighted by Crippen LogP contribution is 2.44. The highest BCUT2D eigenvalue weighted by atomic mass is 16.5. The van der Waals surface area contributed by atoms with Gasteiger partial charge in [0.15, 0.2) is 0 Å². The molecule has 3 rings (SSSR count). The van der Waals surface area contributed by atoms with Crippen molar-refractivity contribution in [3.05, 3.63) is 0 Å². The number of morpholine rings is 1. The van der Waals surface area contributed by atoms with Crippen LogP contribution in [0.15, 0.2) is 0 Å². The molecular weight excluding hydrogens is 200 g/mol. The predicted octanol–water partition coefficient (Wildman–Crippen LogP) is 1.10. The van der Waals surface area contributed by atoms with E-state index in [2.05, 4.69) is 17.3 Å². The number of fused-ring (bicyclic) bond motifs is 2. The largest absolute Gasteiger partial charge is 0.374 e. The number of rotatable bonds is 3. The van der Waals surface area contributed by atoms with Crippen molar-refractivity contribution in [1.82, 2.24) is 10.2 Å². The zero-order valence-electron chi connectivity index (χ0n) is 10.3. The lowest BCUT2D eigenvalue weighted by Gasteiger charge is -2.32. The average molecular weight is 224 g/mol. The lowest BCUT2D eigenvalue weighted by Crippen LogP contribution is -2.47. The second kappa shape index (κ2) is 4.63. The minimum atomic E-state index is 0.415. The average Bonchev–Trinajstić information content (AvgIpc) is 2.88. The molecule has 1 aliphatic heterocycles. The smallest absolute Gasteiger partial charge is 0.0826 e. The molecule has 0 spiro atoms. The molecular formula is C13H24N2O. The Labute approximate surface area is 98.5 Å². The number of nitrogens with zero attached hydrogens (tertiary/aromatic N) is 1. The van der Waals surface area contributed by atoms with Gasteiger partial charge in [-0.3, -0.25) is 0 Å². The standard InChI is InChI=1S/C13H24N2O/c1-15-4-5-16-12(9-15)8-14-13-7-10-2-3-11(13)6-10/h10-14H,2-9H2,1H3. The number of hydrogen-bond acceptors (Lipinski definition) is 3. The summed E-state index contributed by atoms with van der Waals surface area (Å²) >= 11 is 0. The SMILES string of the molecule is CN1CCOC(CNC2CC3CCC2C3)C1. The van der Waals surface area contributed by atoms with E-state index >= 15 is 0 Å². The first-order valence-corrected chi connectivity index (χ1v) is 6.85. The van der Waals surface area contributed by atoms with Crippen LogP contribution in [0.1, 0.15) is 25.7 Å². The summed E-state index contributed by atoms with van der Waals surface area (Å²) in [5.41, 5.74) is 0.